The van der Waals surface area contributed by atoms with Crippen molar-refractivity contribution in [1.82, 2.24) is 14.9 Å². The maximum atomic E-state index is 12.9. The number of hydrogen-bond donors (Lipinski definition) is 1. The summed E-state index contributed by atoms with van der Waals surface area (Å²) in [5.74, 6) is -0.308. The lowest BCUT2D eigenvalue weighted by atomic mass is 9.96. The van der Waals surface area contributed by atoms with E-state index in [-0.39, 0.29) is 23.7 Å². The normalized spacial score (nSPS) is 12.4. The number of hydrogen-bond acceptors (Lipinski definition) is 4. The molecule has 2 rings (SSSR count). The second-order valence-electron chi connectivity index (χ2n) is 4.53. The van der Waals surface area contributed by atoms with Gasteiger partial charge in [-0.1, -0.05) is 30.5 Å². The van der Waals surface area contributed by atoms with Crippen LogP contribution in [0.1, 0.15) is 35.1 Å². The number of halogens is 1. The van der Waals surface area contributed by atoms with Gasteiger partial charge in [0.15, 0.2) is 0 Å². The molecule has 0 saturated heterocycles. The molecule has 0 bridgehead atoms. The number of aromatic nitrogens is 2. The highest BCUT2D eigenvalue weighted by molar-refractivity contribution is 7.07. The fraction of sp³-hybridized carbons (Fsp3) is 0.308. The van der Waals surface area contributed by atoms with Crippen molar-refractivity contribution >= 4 is 17.4 Å². The molecular formula is C13H14FN3OS. The third kappa shape index (κ3) is 3.35. The topological polar surface area (TPSA) is 54.9 Å². The second-order valence-corrected chi connectivity index (χ2v) is 5.31. The van der Waals surface area contributed by atoms with Crippen LogP contribution < -0.4 is 5.32 Å². The quantitative estimate of drug-likeness (QED) is 0.936. The smallest absolute Gasteiger partial charge is 0.265 e. The lowest BCUT2D eigenvalue weighted by molar-refractivity contribution is 0.0929. The van der Waals surface area contributed by atoms with Gasteiger partial charge in [0, 0.05) is 0 Å². The monoisotopic (exact) mass is 279 g/mol. The Kier molecular flexibility index (Phi) is 4.21. The van der Waals surface area contributed by atoms with E-state index in [9.17, 15) is 9.18 Å². The summed E-state index contributed by atoms with van der Waals surface area (Å²) in [5, 5.41) is 6.56. The summed E-state index contributed by atoms with van der Waals surface area (Å²) < 4.78 is 16.6. The standard InChI is InChI=1S/C13H14FN3OS/c1-8(2)12(9-3-5-10(14)6-4-9)16-13(18)11-7-15-17-19-11/h3-8,12H,1-2H3,(H,16,18). The molecule has 0 aliphatic heterocycles. The van der Waals surface area contributed by atoms with Crippen LogP contribution in [-0.4, -0.2) is 15.5 Å². The maximum Gasteiger partial charge on any atom is 0.265 e. The summed E-state index contributed by atoms with van der Waals surface area (Å²) >= 11 is 1.05. The zero-order chi connectivity index (χ0) is 13.8. The van der Waals surface area contributed by atoms with E-state index in [1.165, 1.54) is 18.3 Å². The zero-order valence-corrected chi connectivity index (χ0v) is 11.4. The molecule has 1 amide bonds. The van der Waals surface area contributed by atoms with E-state index >= 15 is 0 Å². The molecule has 0 fully saturated rings. The van der Waals surface area contributed by atoms with Crippen LogP contribution in [0.2, 0.25) is 0 Å². The van der Waals surface area contributed by atoms with E-state index in [4.69, 9.17) is 0 Å². The average Bonchev–Trinajstić information content (AvgIpc) is 2.90. The van der Waals surface area contributed by atoms with Gasteiger partial charge in [-0.3, -0.25) is 4.79 Å². The molecule has 1 atom stereocenters. The summed E-state index contributed by atoms with van der Waals surface area (Å²) in [7, 11) is 0. The van der Waals surface area contributed by atoms with Crippen molar-refractivity contribution in [2.45, 2.75) is 19.9 Å². The minimum atomic E-state index is -0.288. The number of amides is 1. The summed E-state index contributed by atoms with van der Waals surface area (Å²) in [6.07, 6.45) is 1.43. The van der Waals surface area contributed by atoms with Gasteiger partial charge in [-0.15, -0.1) is 5.10 Å². The predicted molar refractivity (Wildman–Crippen MR) is 71.4 cm³/mol. The van der Waals surface area contributed by atoms with E-state index in [2.05, 4.69) is 14.9 Å². The van der Waals surface area contributed by atoms with Gasteiger partial charge in [0.25, 0.3) is 5.91 Å². The molecule has 0 aliphatic carbocycles. The summed E-state index contributed by atoms with van der Waals surface area (Å²) in [5.41, 5.74) is 0.877. The maximum absolute atomic E-state index is 12.9. The fourth-order valence-corrected chi connectivity index (χ4v) is 2.20. The molecule has 1 N–H and O–H groups in total. The summed E-state index contributed by atoms with van der Waals surface area (Å²) in [6, 6.07) is 5.99. The highest BCUT2D eigenvalue weighted by atomic mass is 32.1. The Balaban J connectivity index is 2.17. The minimum absolute atomic E-state index is 0.171. The minimum Gasteiger partial charge on any atom is -0.344 e. The first-order valence-corrected chi connectivity index (χ1v) is 6.69. The van der Waals surface area contributed by atoms with Gasteiger partial charge < -0.3 is 5.32 Å². The molecule has 0 aliphatic rings. The number of nitrogens with one attached hydrogen (secondary N) is 1. The van der Waals surface area contributed by atoms with Gasteiger partial charge in [0.1, 0.15) is 10.7 Å². The van der Waals surface area contributed by atoms with Crippen LogP contribution in [0.15, 0.2) is 30.5 Å². The van der Waals surface area contributed by atoms with Crippen LogP contribution >= 0.6 is 11.5 Å². The van der Waals surface area contributed by atoms with Crippen LogP contribution in [0.5, 0.6) is 0 Å². The van der Waals surface area contributed by atoms with Crippen LogP contribution in [0.4, 0.5) is 4.39 Å². The molecule has 4 nitrogen and oxygen atoms in total. The lowest BCUT2D eigenvalue weighted by Gasteiger charge is -2.22. The number of nitrogens with zero attached hydrogens (tertiary/aromatic N) is 2. The van der Waals surface area contributed by atoms with Crippen LogP contribution in [0.25, 0.3) is 0 Å². The first-order chi connectivity index (χ1) is 9.08. The molecule has 1 aromatic heterocycles. The van der Waals surface area contributed by atoms with Gasteiger partial charge in [-0.25, -0.2) is 4.39 Å². The molecule has 1 aromatic carbocycles. The van der Waals surface area contributed by atoms with Crippen molar-refractivity contribution in [2.24, 2.45) is 5.92 Å². The Hall–Kier alpha value is -1.82. The number of rotatable bonds is 4. The van der Waals surface area contributed by atoms with Crippen molar-refractivity contribution in [2.75, 3.05) is 0 Å². The first kappa shape index (κ1) is 13.6. The molecule has 1 heterocycles. The van der Waals surface area contributed by atoms with Crippen molar-refractivity contribution in [3.8, 4) is 0 Å². The van der Waals surface area contributed by atoms with E-state index in [1.807, 2.05) is 13.8 Å². The van der Waals surface area contributed by atoms with E-state index < -0.39 is 0 Å². The Morgan fingerprint density at radius 3 is 2.53 bits per heavy atom. The first-order valence-electron chi connectivity index (χ1n) is 5.91. The lowest BCUT2D eigenvalue weighted by Crippen LogP contribution is -2.31. The van der Waals surface area contributed by atoms with Crippen molar-refractivity contribution in [1.29, 1.82) is 0 Å². The molecule has 1 unspecified atom stereocenters. The number of benzene rings is 1. The van der Waals surface area contributed by atoms with E-state index in [0.29, 0.717) is 4.88 Å². The second kappa shape index (κ2) is 5.88. The van der Waals surface area contributed by atoms with Crippen LogP contribution in [-0.2, 0) is 0 Å². The van der Waals surface area contributed by atoms with Crippen molar-refractivity contribution in [3.05, 3.63) is 46.7 Å². The Labute approximate surface area is 114 Å². The zero-order valence-electron chi connectivity index (χ0n) is 10.6. The van der Waals surface area contributed by atoms with Gasteiger partial charge in [0.05, 0.1) is 12.2 Å². The molecule has 19 heavy (non-hydrogen) atoms. The number of carbonyl (C=O) groups is 1. The molecular weight excluding hydrogens is 265 g/mol. The molecule has 0 spiro atoms. The van der Waals surface area contributed by atoms with E-state index in [0.717, 1.165) is 17.1 Å². The van der Waals surface area contributed by atoms with Crippen LogP contribution in [0, 0.1) is 11.7 Å². The fourth-order valence-electron chi connectivity index (χ4n) is 1.78. The van der Waals surface area contributed by atoms with Gasteiger partial charge in [-0.2, -0.15) is 0 Å². The molecule has 100 valence electrons. The Bertz CT molecular complexity index is 540. The highest BCUT2D eigenvalue weighted by Gasteiger charge is 2.20. The molecule has 0 saturated carbocycles. The average molecular weight is 279 g/mol. The predicted octanol–water partition coefficient (Wildman–Crippen LogP) is 2.80. The third-order valence-electron chi connectivity index (χ3n) is 2.77. The summed E-state index contributed by atoms with van der Waals surface area (Å²) in [6.45, 7) is 4.00. The molecule has 0 radical (unpaired) electrons. The van der Waals surface area contributed by atoms with Crippen molar-refractivity contribution in [3.63, 3.8) is 0 Å². The van der Waals surface area contributed by atoms with E-state index in [1.54, 1.807) is 12.1 Å². The molecule has 2 aromatic rings. The third-order valence-corrected chi connectivity index (χ3v) is 3.43. The largest absolute Gasteiger partial charge is 0.344 e. The van der Waals surface area contributed by atoms with Gasteiger partial charge >= 0.3 is 0 Å². The molecule has 6 heteroatoms. The summed E-state index contributed by atoms with van der Waals surface area (Å²) in [4.78, 5) is 12.5. The SMILES string of the molecule is CC(C)C(NC(=O)c1cnns1)c1ccc(F)cc1. The highest BCUT2D eigenvalue weighted by Crippen LogP contribution is 2.22. The Morgan fingerprint density at radius 2 is 2.00 bits per heavy atom. The Morgan fingerprint density at radius 1 is 1.32 bits per heavy atom. The van der Waals surface area contributed by atoms with Gasteiger partial charge in [-0.05, 0) is 35.1 Å². The number of carbonyl (C=O) groups excluding carboxylic acids is 1. The van der Waals surface area contributed by atoms with Crippen molar-refractivity contribution < 1.29 is 9.18 Å². The van der Waals surface area contributed by atoms with Gasteiger partial charge in [0.2, 0.25) is 0 Å². The van der Waals surface area contributed by atoms with Crippen LogP contribution in [0.3, 0.4) is 0 Å².